The van der Waals surface area contributed by atoms with E-state index in [0.29, 0.717) is 24.1 Å². The Morgan fingerprint density at radius 3 is 2.67 bits per heavy atom. The first kappa shape index (κ1) is 16.7. The van der Waals surface area contributed by atoms with Crippen LogP contribution in [0, 0.1) is 6.92 Å². The molecule has 3 rings (SSSR count). The van der Waals surface area contributed by atoms with Gasteiger partial charge in [-0.05, 0) is 25.0 Å². The molecule has 0 saturated heterocycles. The second kappa shape index (κ2) is 7.17. The maximum Gasteiger partial charge on any atom is 0.287 e. The van der Waals surface area contributed by atoms with Gasteiger partial charge in [0.15, 0.2) is 11.6 Å². The van der Waals surface area contributed by atoms with Crippen LogP contribution < -0.4 is 5.32 Å². The highest BCUT2D eigenvalue weighted by Crippen LogP contribution is 2.35. The van der Waals surface area contributed by atoms with Gasteiger partial charge in [-0.3, -0.25) is 4.79 Å². The number of rotatable bonds is 5. The van der Waals surface area contributed by atoms with E-state index in [1.54, 1.807) is 26.2 Å². The average molecular weight is 333 g/mol. The minimum absolute atomic E-state index is 0.262. The lowest BCUT2D eigenvalue weighted by Crippen LogP contribution is -2.46. The largest absolute Gasteiger partial charge is 0.453 e. The Morgan fingerprint density at radius 1 is 1.29 bits per heavy atom. The van der Waals surface area contributed by atoms with E-state index in [9.17, 15) is 4.79 Å². The molecule has 24 heavy (non-hydrogen) atoms. The molecular formula is C17H23N3O4. The molecule has 0 atom stereocenters. The number of carbonyl (C=O) groups is 1. The Morgan fingerprint density at radius 2 is 2.04 bits per heavy atom. The first-order valence-corrected chi connectivity index (χ1v) is 8.34. The van der Waals surface area contributed by atoms with Crippen LogP contribution in [-0.2, 0) is 16.9 Å². The molecule has 0 spiro atoms. The Balaban J connectivity index is 1.84. The summed E-state index contributed by atoms with van der Waals surface area (Å²) >= 11 is 0. The maximum atomic E-state index is 12.7. The van der Waals surface area contributed by atoms with Gasteiger partial charge in [0.05, 0.1) is 0 Å². The molecule has 1 aliphatic rings. The molecule has 7 heteroatoms. The monoisotopic (exact) mass is 333 g/mol. The zero-order valence-electron chi connectivity index (χ0n) is 14.1. The standard InChI is InChI=1S/C17H23N3O4/c1-12-18-16(20-24-12)17(9-5-3-4-6-10-17)19-15(21)14-8-7-13(23-14)11-22-2/h7-8H,3-6,9-11H2,1-2H3,(H,19,21). The van der Waals surface area contributed by atoms with E-state index in [-0.39, 0.29) is 11.7 Å². The van der Waals surface area contributed by atoms with Crippen LogP contribution in [0.2, 0.25) is 0 Å². The molecule has 1 fully saturated rings. The Bertz CT molecular complexity index is 684. The molecule has 130 valence electrons. The predicted molar refractivity (Wildman–Crippen MR) is 85.3 cm³/mol. The van der Waals surface area contributed by atoms with Gasteiger partial charge < -0.3 is 19.0 Å². The number of amides is 1. The molecule has 0 bridgehead atoms. The minimum Gasteiger partial charge on any atom is -0.453 e. The third kappa shape index (κ3) is 3.51. The molecule has 0 aliphatic heterocycles. The fourth-order valence-electron chi connectivity index (χ4n) is 3.23. The van der Waals surface area contributed by atoms with E-state index in [1.807, 2.05) is 0 Å². The number of ether oxygens (including phenoxy) is 1. The molecule has 1 aliphatic carbocycles. The smallest absolute Gasteiger partial charge is 0.287 e. The first-order chi connectivity index (χ1) is 11.6. The van der Waals surface area contributed by atoms with Crippen LogP contribution in [0.25, 0.3) is 0 Å². The molecule has 0 aromatic carbocycles. The molecule has 7 nitrogen and oxygen atoms in total. The first-order valence-electron chi connectivity index (χ1n) is 8.34. The summed E-state index contributed by atoms with van der Waals surface area (Å²) < 4.78 is 15.7. The number of nitrogens with zero attached hydrogens (tertiary/aromatic N) is 2. The average Bonchev–Trinajstić information content (AvgIpc) is 3.14. The van der Waals surface area contributed by atoms with E-state index in [2.05, 4.69) is 15.5 Å². The highest BCUT2D eigenvalue weighted by molar-refractivity contribution is 5.92. The fraction of sp³-hybridized carbons (Fsp3) is 0.588. The van der Waals surface area contributed by atoms with Crippen LogP contribution in [0.4, 0.5) is 0 Å². The Hall–Kier alpha value is -2.15. The number of hydrogen-bond acceptors (Lipinski definition) is 6. The van der Waals surface area contributed by atoms with Crippen molar-refractivity contribution in [1.29, 1.82) is 0 Å². The highest BCUT2D eigenvalue weighted by Gasteiger charge is 2.39. The Labute approximate surface area is 140 Å². The molecule has 0 radical (unpaired) electrons. The van der Waals surface area contributed by atoms with Gasteiger partial charge in [0.25, 0.3) is 5.91 Å². The quantitative estimate of drug-likeness (QED) is 0.846. The highest BCUT2D eigenvalue weighted by atomic mass is 16.5. The normalized spacial score (nSPS) is 17.4. The van der Waals surface area contributed by atoms with Gasteiger partial charge in [0, 0.05) is 14.0 Å². The van der Waals surface area contributed by atoms with Crippen LogP contribution in [0.1, 0.15) is 66.6 Å². The number of furan rings is 1. The lowest BCUT2D eigenvalue weighted by Gasteiger charge is -2.30. The van der Waals surface area contributed by atoms with Crippen molar-refractivity contribution in [3.8, 4) is 0 Å². The maximum absolute atomic E-state index is 12.7. The zero-order valence-corrected chi connectivity index (χ0v) is 14.1. The molecule has 2 heterocycles. The van der Waals surface area contributed by atoms with Crippen molar-refractivity contribution in [1.82, 2.24) is 15.5 Å². The number of hydrogen-bond donors (Lipinski definition) is 1. The van der Waals surface area contributed by atoms with Crippen molar-refractivity contribution < 1.29 is 18.5 Å². The van der Waals surface area contributed by atoms with E-state index in [0.717, 1.165) is 38.5 Å². The summed E-state index contributed by atoms with van der Waals surface area (Å²) in [4.78, 5) is 17.1. The fourth-order valence-corrected chi connectivity index (χ4v) is 3.23. The van der Waals surface area contributed by atoms with Crippen LogP contribution in [0.15, 0.2) is 21.1 Å². The SMILES string of the molecule is COCc1ccc(C(=O)NC2(c3noc(C)n3)CCCCCC2)o1. The van der Waals surface area contributed by atoms with Crippen LogP contribution in [0.3, 0.4) is 0 Å². The van der Waals surface area contributed by atoms with Gasteiger partial charge in [-0.25, -0.2) is 0 Å². The molecule has 1 saturated carbocycles. The van der Waals surface area contributed by atoms with Gasteiger partial charge in [0.2, 0.25) is 5.89 Å². The second-order valence-corrected chi connectivity index (χ2v) is 6.29. The summed E-state index contributed by atoms with van der Waals surface area (Å²) in [7, 11) is 1.58. The minimum atomic E-state index is -0.598. The molecular weight excluding hydrogens is 310 g/mol. The predicted octanol–water partition coefficient (Wildman–Crippen LogP) is 3.10. The van der Waals surface area contributed by atoms with Crippen LogP contribution >= 0.6 is 0 Å². The van der Waals surface area contributed by atoms with Crippen molar-refractivity contribution in [3.63, 3.8) is 0 Å². The summed E-state index contributed by atoms with van der Waals surface area (Å²) in [5, 5.41) is 7.20. The van der Waals surface area contributed by atoms with Gasteiger partial charge in [-0.1, -0.05) is 30.8 Å². The third-order valence-corrected chi connectivity index (χ3v) is 4.44. The second-order valence-electron chi connectivity index (χ2n) is 6.29. The van der Waals surface area contributed by atoms with Crippen LogP contribution in [0.5, 0.6) is 0 Å². The summed E-state index contributed by atoms with van der Waals surface area (Å²) in [6, 6.07) is 3.41. The van der Waals surface area contributed by atoms with Crippen molar-refractivity contribution in [2.45, 2.75) is 57.6 Å². The van der Waals surface area contributed by atoms with Crippen molar-refractivity contribution >= 4 is 5.91 Å². The van der Waals surface area contributed by atoms with Gasteiger partial charge in [0.1, 0.15) is 17.9 Å². The van der Waals surface area contributed by atoms with E-state index < -0.39 is 5.54 Å². The van der Waals surface area contributed by atoms with E-state index in [4.69, 9.17) is 13.7 Å². The van der Waals surface area contributed by atoms with Crippen LogP contribution in [-0.4, -0.2) is 23.2 Å². The van der Waals surface area contributed by atoms with E-state index >= 15 is 0 Å². The topological polar surface area (TPSA) is 90.4 Å². The molecule has 1 N–H and O–H groups in total. The van der Waals surface area contributed by atoms with Gasteiger partial charge in [-0.2, -0.15) is 4.98 Å². The lowest BCUT2D eigenvalue weighted by atomic mass is 9.89. The number of nitrogens with one attached hydrogen (secondary N) is 1. The van der Waals surface area contributed by atoms with Crippen molar-refractivity contribution in [3.05, 3.63) is 35.4 Å². The number of aryl methyl sites for hydroxylation is 1. The molecule has 0 unspecified atom stereocenters. The molecule has 2 aromatic heterocycles. The van der Waals surface area contributed by atoms with Gasteiger partial charge in [-0.15, -0.1) is 0 Å². The Kier molecular flexibility index (Phi) is 4.99. The summed E-state index contributed by atoms with van der Waals surface area (Å²) in [6.45, 7) is 2.09. The number of methoxy groups -OCH3 is 1. The van der Waals surface area contributed by atoms with E-state index in [1.165, 1.54) is 0 Å². The third-order valence-electron chi connectivity index (χ3n) is 4.44. The summed E-state index contributed by atoms with van der Waals surface area (Å²) in [5.41, 5.74) is -0.598. The number of aromatic nitrogens is 2. The lowest BCUT2D eigenvalue weighted by molar-refractivity contribution is 0.0839. The number of carbonyl (C=O) groups excluding carboxylic acids is 1. The molecule has 2 aromatic rings. The van der Waals surface area contributed by atoms with Crippen molar-refractivity contribution in [2.24, 2.45) is 0 Å². The molecule has 1 amide bonds. The summed E-state index contributed by atoms with van der Waals surface area (Å²) in [5.74, 6) is 1.68. The zero-order chi connectivity index (χ0) is 17.0. The summed E-state index contributed by atoms with van der Waals surface area (Å²) in [6.07, 6.45) is 5.91. The van der Waals surface area contributed by atoms with Crippen molar-refractivity contribution in [2.75, 3.05) is 7.11 Å². The van der Waals surface area contributed by atoms with Gasteiger partial charge >= 0.3 is 0 Å².